The van der Waals surface area contributed by atoms with Gasteiger partial charge in [0.2, 0.25) is 5.91 Å². The van der Waals surface area contributed by atoms with Crippen LogP contribution in [0.15, 0.2) is 28.7 Å². The van der Waals surface area contributed by atoms with Crippen molar-refractivity contribution in [1.29, 1.82) is 0 Å². The van der Waals surface area contributed by atoms with E-state index in [0.29, 0.717) is 44.1 Å². The van der Waals surface area contributed by atoms with E-state index in [-0.39, 0.29) is 30.3 Å². The van der Waals surface area contributed by atoms with E-state index < -0.39 is 0 Å². The van der Waals surface area contributed by atoms with Crippen molar-refractivity contribution < 1.29 is 14.0 Å². The molecule has 2 aliphatic heterocycles. The van der Waals surface area contributed by atoms with Gasteiger partial charge in [0.25, 0.3) is 5.91 Å². The van der Waals surface area contributed by atoms with E-state index in [0.717, 1.165) is 29.6 Å². The minimum atomic E-state index is 0. The number of likely N-dealkylation sites (tertiary alicyclic amines) is 2. The second-order valence-corrected chi connectivity index (χ2v) is 7.39. The predicted molar refractivity (Wildman–Crippen MR) is 106 cm³/mol. The maximum Gasteiger partial charge on any atom is 0.253 e. The molecule has 27 heavy (non-hydrogen) atoms. The van der Waals surface area contributed by atoms with Crippen LogP contribution in [-0.2, 0) is 4.79 Å². The van der Waals surface area contributed by atoms with Crippen LogP contribution in [0.5, 0.6) is 0 Å². The van der Waals surface area contributed by atoms with Crippen LogP contribution in [0.25, 0.3) is 11.0 Å². The van der Waals surface area contributed by atoms with Crippen LogP contribution in [-0.4, -0.2) is 53.8 Å². The molecule has 0 aliphatic carbocycles. The Kier molecular flexibility index (Phi) is 5.77. The lowest BCUT2D eigenvalue weighted by molar-refractivity contribution is -0.140. The van der Waals surface area contributed by atoms with Crippen molar-refractivity contribution in [2.75, 3.05) is 26.2 Å². The predicted octanol–water partition coefficient (Wildman–Crippen LogP) is 2.57. The summed E-state index contributed by atoms with van der Waals surface area (Å²) in [5.74, 6) is 1.46. The number of piperidine rings is 2. The van der Waals surface area contributed by atoms with Gasteiger partial charge in [-0.15, -0.1) is 12.4 Å². The van der Waals surface area contributed by atoms with Gasteiger partial charge in [0.15, 0.2) is 0 Å². The number of nitrogens with zero attached hydrogens (tertiary/aromatic N) is 2. The van der Waals surface area contributed by atoms with Gasteiger partial charge >= 0.3 is 0 Å². The number of benzene rings is 1. The number of amides is 2. The van der Waals surface area contributed by atoms with E-state index in [1.54, 1.807) is 0 Å². The molecule has 2 aliphatic rings. The smallest absolute Gasteiger partial charge is 0.253 e. The van der Waals surface area contributed by atoms with E-state index >= 15 is 0 Å². The highest BCUT2D eigenvalue weighted by molar-refractivity contribution is 5.98. The minimum absolute atomic E-state index is 0. The maximum atomic E-state index is 13.0. The summed E-state index contributed by atoms with van der Waals surface area (Å²) in [6, 6.07) is 7.79. The highest BCUT2D eigenvalue weighted by atomic mass is 35.5. The molecular formula is C20H26ClN3O3. The van der Waals surface area contributed by atoms with Gasteiger partial charge in [-0.3, -0.25) is 9.59 Å². The lowest BCUT2D eigenvalue weighted by Crippen LogP contribution is -2.57. The fourth-order valence-corrected chi connectivity index (χ4v) is 4.46. The largest absolute Gasteiger partial charge is 0.461 e. The van der Waals surface area contributed by atoms with Crippen molar-refractivity contribution in [3.8, 4) is 0 Å². The first-order valence-corrected chi connectivity index (χ1v) is 9.36. The zero-order chi connectivity index (χ0) is 18.3. The summed E-state index contributed by atoms with van der Waals surface area (Å²) in [6.07, 6.45) is 2.24. The Balaban J connectivity index is 0.00000210. The second kappa shape index (κ2) is 7.90. The van der Waals surface area contributed by atoms with Crippen molar-refractivity contribution in [1.82, 2.24) is 9.80 Å². The van der Waals surface area contributed by atoms with Crippen LogP contribution in [0.2, 0.25) is 0 Å². The number of hydrogen-bond donors (Lipinski definition) is 1. The molecule has 0 saturated carbocycles. The molecule has 2 atom stereocenters. The Morgan fingerprint density at radius 1 is 1.30 bits per heavy atom. The van der Waals surface area contributed by atoms with Crippen molar-refractivity contribution in [3.05, 3.63) is 35.6 Å². The lowest BCUT2D eigenvalue weighted by atomic mass is 9.83. The number of hydrogen-bond acceptors (Lipinski definition) is 4. The average molecular weight is 392 g/mol. The first kappa shape index (κ1) is 19.7. The van der Waals surface area contributed by atoms with Gasteiger partial charge in [0.1, 0.15) is 11.3 Å². The van der Waals surface area contributed by atoms with Gasteiger partial charge < -0.3 is 20.0 Å². The molecule has 2 saturated heterocycles. The van der Waals surface area contributed by atoms with Gasteiger partial charge in [-0.1, -0.05) is 0 Å². The molecule has 3 heterocycles. The number of halogens is 1. The quantitative estimate of drug-likeness (QED) is 0.872. The molecule has 6 nitrogen and oxygen atoms in total. The van der Waals surface area contributed by atoms with Gasteiger partial charge in [0, 0.05) is 49.6 Å². The third-order valence-electron chi connectivity index (χ3n) is 5.69. The Bertz CT molecular complexity index is 850. The third-order valence-corrected chi connectivity index (χ3v) is 5.69. The van der Waals surface area contributed by atoms with E-state index in [9.17, 15) is 9.59 Å². The van der Waals surface area contributed by atoms with Gasteiger partial charge in [0.05, 0.1) is 0 Å². The molecule has 2 N–H and O–H groups in total. The monoisotopic (exact) mass is 391 g/mol. The fraction of sp³-hybridized carbons (Fsp3) is 0.500. The number of rotatable bonds is 3. The Morgan fingerprint density at radius 3 is 2.89 bits per heavy atom. The molecule has 0 spiro atoms. The molecule has 0 bridgehead atoms. The summed E-state index contributed by atoms with van der Waals surface area (Å²) in [5.41, 5.74) is 7.18. The van der Waals surface area contributed by atoms with Crippen molar-refractivity contribution in [2.24, 2.45) is 11.7 Å². The third kappa shape index (κ3) is 3.69. The molecule has 0 radical (unpaired) electrons. The minimum Gasteiger partial charge on any atom is -0.461 e. The van der Waals surface area contributed by atoms with Crippen LogP contribution in [0.1, 0.15) is 35.4 Å². The molecule has 1 aromatic carbocycles. The highest BCUT2D eigenvalue weighted by Gasteiger charge is 2.40. The lowest BCUT2D eigenvalue weighted by Gasteiger charge is -2.47. The van der Waals surface area contributed by atoms with E-state index in [1.807, 2.05) is 41.0 Å². The first-order chi connectivity index (χ1) is 12.6. The van der Waals surface area contributed by atoms with E-state index in [2.05, 4.69) is 0 Å². The number of fused-ring (bicyclic) bond motifs is 2. The molecule has 146 valence electrons. The zero-order valence-corrected chi connectivity index (χ0v) is 16.3. The van der Waals surface area contributed by atoms with Crippen LogP contribution in [0, 0.1) is 12.8 Å². The van der Waals surface area contributed by atoms with Crippen LogP contribution >= 0.6 is 12.4 Å². The summed E-state index contributed by atoms with van der Waals surface area (Å²) in [4.78, 5) is 29.1. The highest BCUT2D eigenvalue weighted by Crippen LogP contribution is 2.32. The van der Waals surface area contributed by atoms with Crippen molar-refractivity contribution >= 4 is 35.2 Å². The summed E-state index contributed by atoms with van der Waals surface area (Å²) in [6.45, 7) is 4.40. The Morgan fingerprint density at radius 2 is 2.11 bits per heavy atom. The summed E-state index contributed by atoms with van der Waals surface area (Å²) in [5, 5.41) is 0.959. The molecule has 0 unspecified atom stereocenters. The summed E-state index contributed by atoms with van der Waals surface area (Å²) in [7, 11) is 0. The fourth-order valence-electron chi connectivity index (χ4n) is 4.46. The average Bonchev–Trinajstić information content (AvgIpc) is 3.02. The SMILES string of the molecule is Cc1cc2cc(C(=O)N3CC[C@@H]4[C@@H](CCC(=O)N4CCN)C3)ccc2o1.Cl. The molecule has 4 rings (SSSR count). The van der Waals surface area contributed by atoms with Crippen LogP contribution in [0.4, 0.5) is 0 Å². The molecule has 2 amide bonds. The molecule has 2 aromatic rings. The second-order valence-electron chi connectivity index (χ2n) is 7.39. The number of furan rings is 1. The number of nitrogens with two attached hydrogens (primary N) is 1. The standard InChI is InChI=1S/C20H25N3O3.ClH/c1-13-10-16-11-14(2-4-18(16)26-13)20(25)22-8-6-17-15(12-22)3-5-19(24)23(17)9-7-21;/h2,4,10-11,15,17H,3,5-9,12,21H2,1H3;1H/t15-,17+;/m0./s1. The Hall–Kier alpha value is -2.05. The Labute approximate surface area is 165 Å². The number of aryl methyl sites for hydroxylation is 1. The molecular weight excluding hydrogens is 366 g/mol. The van der Waals surface area contributed by atoms with Crippen molar-refractivity contribution in [2.45, 2.75) is 32.2 Å². The molecule has 1 aromatic heterocycles. The van der Waals surface area contributed by atoms with Gasteiger partial charge in [-0.2, -0.15) is 0 Å². The molecule has 2 fully saturated rings. The number of carbonyl (C=O) groups excluding carboxylic acids is 2. The first-order valence-electron chi connectivity index (χ1n) is 9.36. The summed E-state index contributed by atoms with van der Waals surface area (Å²) >= 11 is 0. The summed E-state index contributed by atoms with van der Waals surface area (Å²) < 4.78 is 5.59. The van der Waals surface area contributed by atoms with Gasteiger partial charge in [-0.05, 0) is 49.9 Å². The van der Waals surface area contributed by atoms with Crippen LogP contribution in [0.3, 0.4) is 0 Å². The topological polar surface area (TPSA) is 79.8 Å². The maximum absolute atomic E-state index is 13.0. The van der Waals surface area contributed by atoms with E-state index in [1.165, 1.54) is 0 Å². The zero-order valence-electron chi connectivity index (χ0n) is 15.5. The molecule has 7 heteroatoms. The van der Waals surface area contributed by atoms with Gasteiger partial charge in [-0.25, -0.2) is 0 Å². The van der Waals surface area contributed by atoms with Crippen LogP contribution < -0.4 is 5.73 Å². The normalized spacial score (nSPS) is 22.5. The van der Waals surface area contributed by atoms with E-state index in [4.69, 9.17) is 10.2 Å². The van der Waals surface area contributed by atoms with Crippen molar-refractivity contribution in [3.63, 3.8) is 0 Å². The number of carbonyl (C=O) groups is 2.